The molecule has 6 heteroatoms. The van der Waals surface area contributed by atoms with Crippen molar-refractivity contribution in [2.24, 2.45) is 0 Å². The van der Waals surface area contributed by atoms with E-state index in [9.17, 15) is 10.1 Å². The number of pyridine rings is 1. The fraction of sp³-hybridized carbons (Fsp3) is 0.250. The van der Waals surface area contributed by atoms with Gasteiger partial charge in [0.25, 0.3) is 5.69 Å². The Morgan fingerprint density at radius 3 is 2.71 bits per heavy atom. The van der Waals surface area contributed by atoms with E-state index in [2.05, 4.69) is 4.98 Å². The maximum absolute atomic E-state index is 10.4. The molecule has 14 heavy (non-hydrogen) atoms. The maximum atomic E-state index is 10.4. The second kappa shape index (κ2) is 3.70. The van der Waals surface area contributed by atoms with Crippen LogP contribution in [0.1, 0.15) is 5.56 Å². The van der Waals surface area contributed by atoms with Gasteiger partial charge in [0.1, 0.15) is 23.6 Å². The van der Waals surface area contributed by atoms with Crippen molar-refractivity contribution in [1.29, 1.82) is 5.26 Å². The minimum Gasteiger partial charge on any atom is -0.362 e. The lowest BCUT2D eigenvalue weighted by Gasteiger charge is -2.11. The van der Waals surface area contributed by atoms with Gasteiger partial charge in [-0.15, -0.1) is 0 Å². The van der Waals surface area contributed by atoms with Gasteiger partial charge in [-0.05, 0) is 0 Å². The average Bonchev–Trinajstić information content (AvgIpc) is 2.16. The molecule has 6 nitrogen and oxygen atoms in total. The van der Waals surface area contributed by atoms with Gasteiger partial charge in [-0.1, -0.05) is 0 Å². The Hall–Kier alpha value is -2.16. The predicted octanol–water partition coefficient (Wildman–Crippen LogP) is 0.927. The van der Waals surface area contributed by atoms with Crippen molar-refractivity contribution in [2.45, 2.75) is 0 Å². The zero-order valence-corrected chi connectivity index (χ0v) is 7.76. The molecule has 0 bridgehead atoms. The Kier molecular flexibility index (Phi) is 2.62. The molecule has 0 unspecified atom stereocenters. The minimum absolute atomic E-state index is 0.174. The number of hydrogen-bond donors (Lipinski definition) is 0. The molecule has 0 spiro atoms. The monoisotopic (exact) mass is 192 g/mol. The Bertz CT molecular complexity index is 408. The molecule has 0 radical (unpaired) electrons. The molecular formula is C8H8N4O2. The number of rotatable bonds is 2. The van der Waals surface area contributed by atoms with Gasteiger partial charge in [0.2, 0.25) is 0 Å². The summed E-state index contributed by atoms with van der Waals surface area (Å²) in [6.07, 6.45) is 1.14. The van der Waals surface area contributed by atoms with E-state index in [0.717, 1.165) is 6.20 Å². The number of hydrogen-bond acceptors (Lipinski definition) is 5. The molecule has 0 amide bonds. The summed E-state index contributed by atoms with van der Waals surface area (Å²) in [5.41, 5.74) is 0.0244. The van der Waals surface area contributed by atoms with E-state index < -0.39 is 4.92 Å². The zero-order valence-electron chi connectivity index (χ0n) is 7.76. The molecular weight excluding hydrogens is 184 g/mol. The molecule has 0 aliphatic heterocycles. The summed E-state index contributed by atoms with van der Waals surface area (Å²) in [4.78, 5) is 15.3. The second-order valence-electron chi connectivity index (χ2n) is 2.83. The Labute approximate surface area is 80.6 Å². The third-order valence-corrected chi connectivity index (χ3v) is 1.61. The largest absolute Gasteiger partial charge is 0.362 e. The first kappa shape index (κ1) is 9.92. The molecule has 0 aliphatic rings. The van der Waals surface area contributed by atoms with Crippen molar-refractivity contribution in [3.05, 3.63) is 27.9 Å². The van der Waals surface area contributed by atoms with Gasteiger partial charge < -0.3 is 4.90 Å². The number of anilines is 1. The molecule has 1 aromatic heterocycles. The van der Waals surface area contributed by atoms with Crippen molar-refractivity contribution in [1.82, 2.24) is 4.98 Å². The van der Waals surface area contributed by atoms with Crippen LogP contribution in [0, 0.1) is 21.4 Å². The van der Waals surface area contributed by atoms with Gasteiger partial charge in [-0.25, -0.2) is 4.98 Å². The Morgan fingerprint density at radius 2 is 2.29 bits per heavy atom. The summed E-state index contributed by atoms with van der Waals surface area (Å²) in [7, 11) is 3.43. The molecule has 0 fully saturated rings. The SMILES string of the molecule is CN(C)c1ncc([N+](=O)[O-])cc1C#N. The smallest absolute Gasteiger partial charge is 0.289 e. The van der Waals surface area contributed by atoms with E-state index in [1.54, 1.807) is 19.0 Å². The van der Waals surface area contributed by atoms with Gasteiger partial charge in [-0.3, -0.25) is 10.1 Å². The lowest BCUT2D eigenvalue weighted by Crippen LogP contribution is -2.12. The predicted molar refractivity (Wildman–Crippen MR) is 49.9 cm³/mol. The van der Waals surface area contributed by atoms with Gasteiger partial charge in [0.15, 0.2) is 0 Å². The average molecular weight is 192 g/mol. The van der Waals surface area contributed by atoms with Crippen molar-refractivity contribution in [3.8, 4) is 6.07 Å². The number of nitro groups is 1. The number of nitrogens with zero attached hydrogens (tertiary/aromatic N) is 4. The first-order chi connectivity index (χ1) is 6.56. The Morgan fingerprint density at radius 1 is 1.64 bits per heavy atom. The molecule has 1 heterocycles. The summed E-state index contributed by atoms with van der Waals surface area (Å²) in [5.74, 6) is 0.429. The van der Waals surface area contributed by atoms with Crippen LogP contribution in [0.5, 0.6) is 0 Å². The number of aromatic nitrogens is 1. The molecule has 0 saturated heterocycles. The van der Waals surface area contributed by atoms with Gasteiger partial charge in [0, 0.05) is 20.2 Å². The summed E-state index contributed by atoms with van der Waals surface area (Å²) in [6.45, 7) is 0. The van der Waals surface area contributed by atoms with Crippen LogP contribution in [0.25, 0.3) is 0 Å². The van der Waals surface area contributed by atoms with E-state index in [1.807, 2.05) is 6.07 Å². The first-order valence-electron chi connectivity index (χ1n) is 3.78. The van der Waals surface area contributed by atoms with Crippen molar-refractivity contribution >= 4 is 11.5 Å². The van der Waals surface area contributed by atoms with Crippen LogP contribution in [0.4, 0.5) is 11.5 Å². The lowest BCUT2D eigenvalue weighted by molar-refractivity contribution is -0.385. The van der Waals surface area contributed by atoms with Gasteiger partial charge in [0.05, 0.1) is 4.92 Å². The van der Waals surface area contributed by atoms with Crippen LogP contribution in [0.2, 0.25) is 0 Å². The molecule has 0 N–H and O–H groups in total. The lowest BCUT2D eigenvalue weighted by atomic mass is 10.2. The van der Waals surface area contributed by atoms with Crippen molar-refractivity contribution in [2.75, 3.05) is 19.0 Å². The second-order valence-corrected chi connectivity index (χ2v) is 2.83. The third-order valence-electron chi connectivity index (χ3n) is 1.61. The zero-order chi connectivity index (χ0) is 10.7. The molecule has 0 saturated carbocycles. The van der Waals surface area contributed by atoms with Crippen molar-refractivity contribution < 1.29 is 4.92 Å². The highest BCUT2D eigenvalue weighted by molar-refractivity contribution is 5.56. The molecule has 0 atom stereocenters. The molecule has 1 aromatic rings. The van der Waals surface area contributed by atoms with E-state index >= 15 is 0 Å². The standard InChI is InChI=1S/C8H8N4O2/c1-11(2)8-6(4-9)3-7(5-10-8)12(13)14/h3,5H,1-2H3. The van der Waals surface area contributed by atoms with Crippen LogP contribution < -0.4 is 4.90 Å². The minimum atomic E-state index is -0.576. The molecule has 72 valence electrons. The molecule has 1 rings (SSSR count). The fourth-order valence-electron chi connectivity index (χ4n) is 0.985. The maximum Gasteiger partial charge on any atom is 0.289 e. The quantitative estimate of drug-likeness (QED) is 0.514. The van der Waals surface area contributed by atoms with Gasteiger partial charge >= 0.3 is 0 Å². The fourth-order valence-corrected chi connectivity index (χ4v) is 0.985. The number of nitriles is 1. The summed E-state index contributed by atoms with van der Waals surface area (Å²) >= 11 is 0. The van der Waals surface area contributed by atoms with Crippen LogP contribution in [0.3, 0.4) is 0 Å². The summed E-state index contributed by atoms with van der Waals surface area (Å²) in [5, 5.41) is 19.1. The summed E-state index contributed by atoms with van der Waals surface area (Å²) in [6, 6.07) is 3.07. The highest BCUT2D eigenvalue weighted by Crippen LogP contribution is 2.19. The molecule has 0 aliphatic carbocycles. The first-order valence-corrected chi connectivity index (χ1v) is 3.78. The van der Waals surface area contributed by atoms with Crippen LogP contribution >= 0.6 is 0 Å². The normalized spacial score (nSPS) is 9.21. The van der Waals surface area contributed by atoms with Crippen LogP contribution in [-0.4, -0.2) is 24.0 Å². The Balaban J connectivity index is 3.27. The van der Waals surface area contributed by atoms with Crippen LogP contribution in [0.15, 0.2) is 12.3 Å². The van der Waals surface area contributed by atoms with E-state index in [1.165, 1.54) is 6.07 Å². The van der Waals surface area contributed by atoms with Crippen molar-refractivity contribution in [3.63, 3.8) is 0 Å². The van der Waals surface area contributed by atoms with Crippen LogP contribution in [-0.2, 0) is 0 Å². The molecule has 0 aromatic carbocycles. The van der Waals surface area contributed by atoms with Gasteiger partial charge in [-0.2, -0.15) is 5.26 Å². The highest BCUT2D eigenvalue weighted by atomic mass is 16.6. The highest BCUT2D eigenvalue weighted by Gasteiger charge is 2.12. The van der Waals surface area contributed by atoms with E-state index in [0.29, 0.717) is 5.82 Å². The summed E-state index contributed by atoms with van der Waals surface area (Å²) < 4.78 is 0. The van der Waals surface area contributed by atoms with E-state index in [-0.39, 0.29) is 11.3 Å². The topological polar surface area (TPSA) is 83.1 Å². The third kappa shape index (κ3) is 1.77. The van der Waals surface area contributed by atoms with E-state index in [4.69, 9.17) is 5.26 Å².